The summed E-state index contributed by atoms with van der Waals surface area (Å²) in [6.45, 7) is 8.19. The van der Waals surface area contributed by atoms with Crippen LogP contribution in [0.5, 0.6) is 0 Å². The van der Waals surface area contributed by atoms with E-state index < -0.39 is 0 Å². The monoisotopic (exact) mass is 261 g/mol. The smallest absolute Gasteiger partial charge is 0.399 e. The van der Waals surface area contributed by atoms with E-state index in [0.717, 1.165) is 16.7 Å². The molecule has 1 aromatic carbocycles. The molecular formula is C14H22BN2O2+. The third-order valence-electron chi connectivity index (χ3n) is 4.05. The van der Waals surface area contributed by atoms with Gasteiger partial charge < -0.3 is 14.6 Å². The Balaban J connectivity index is 2.32. The highest BCUT2D eigenvalue weighted by Gasteiger charge is 2.51. The van der Waals surface area contributed by atoms with Crippen molar-refractivity contribution in [2.24, 2.45) is 0 Å². The number of hydrogen-bond acceptors (Lipinski definition) is 3. The molecule has 2 rings (SSSR count). The van der Waals surface area contributed by atoms with E-state index in [-0.39, 0.29) is 18.3 Å². The molecule has 0 aliphatic carbocycles. The van der Waals surface area contributed by atoms with Gasteiger partial charge in [0.1, 0.15) is 0 Å². The zero-order chi connectivity index (χ0) is 14.3. The SMILES string of the molecule is CNc1ccc(B2OC(C)(C)C(C)(C)O2)cc1C=[NH2+]. The van der Waals surface area contributed by atoms with Gasteiger partial charge in [0.25, 0.3) is 0 Å². The first-order chi connectivity index (χ1) is 8.80. The lowest BCUT2D eigenvalue weighted by molar-refractivity contribution is -0.104. The van der Waals surface area contributed by atoms with E-state index in [9.17, 15) is 0 Å². The van der Waals surface area contributed by atoms with Crippen LogP contribution >= 0.6 is 0 Å². The molecule has 0 radical (unpaired) electrons. The largest absolute Gasteiger partial charge is 0.494 e. The van der Waals surface area contributed by atoms with Gasteiger partial charge in [0, 0.05) is 12.7 Å². The Morgan fingerprint density at radius 1 is 1.16 bits per heavy atom. The quantitative estimate of drug-likeness (QED) is 0.604. The Hall–Kier alpha value is -1.33. The van der Waals surface area contributed by atoms with Crippen molar-refractivity contribution in [2.45, 2.75) is 38.9 Å². The van der Waals surface area contributed by atoms with Crippen molar-refractivity contribution in [2.75, 3.05) is 12.4 Å². The summed E-state index contributed by atoms with van der Waals surface area (Å²) >= 11 is 0. The molecule has 1 heterocycles. The molecule has 0 saturated carbocycles. The van der Waals surface area contributed by atoms with Crippen LogP contribution in [-0.4, -0.2) is 31.6 Å². The highest BCUT2D eigenvalue weighted by atomic mass is 16.7. The Bertz CT molecular complexity index is 484. The summed E-state index contributed by atoms with van der Waals surface area (Å²) in [4.78, 5) is 0. The fraction of sp³-hybridized carbons (Fsp3) is 0.500. The van der Waals surface area contributed by atoms with Crippen LogP contribution in [0.2, 0.25) is 0 Å². The Kier molecular flexibility index (Phi) is 3.45. The zero-order valence-electron chi connectivity index (χ0n) is 12.3. The van der Waals surface area contributed by atoms with Crippen LogP contribution in [0.1, 0.15) is 33.3 Å². The fourth-order valence-electron chi connectivity index (χ4n) is 2.07. The lowest BCUT2D eigenvalue weighted by Gasteiger charge is -2.32. The maximum Gasteiger partial charge on any atom is 0.494 e. The summed E-state index contributed by atoms with van der Waals surface area (Å²) in [5.74, 6) is 0. The lowest BCUT2D eigenvalue weighted by Crippen LogP contribution is -2.41. The number of nitrogens with one attached hydrogen (secondary N) is 1. The van der Waals surface area contributed by atoms with Crippen LogP contribution in [0.25, 0.3) is 0 Å². The highest BCUT2D eigenvalue weighted by Crippen LogP contribution is 2.36. The molecule has 4 nitrogen and oxygen atoms in total. The number of benzene rings is 1. The number of rotatable bonds is 3. The second-order valence-electron chi connectivity index (χ2n) is 5.85. The van der Waals surface area contributed by atoms with Gasteiger partial charge in [-0.3, -0.25) is 5.41 Å². The maximum absolute atomic E-state index is 6.03. The van der Waals surface area contributed by atoms with E-state index in [0.29, 0.717) is 0 Å². The van der Waals surface area contributed by atoms with E-state index in [1.807, 2.05) is 52.9 Å². The maximum atomic E-state index is 6.03. The van der Waals surface area contributed by atoms with E-state index in [1.165, 1.54) is 0 Å². The molecule has 1 saturated heterocycles. The minimum Gasteiger partial charge on any atom is -0.399 e. The number of hydrogen-bond donors (Lipinski definition) is 2. The number of anilines is 1. The second-order valence-corrected chi connectivity index (χ2v) is 5.85. The summed E-state index contributed by atoms with van der Waals surface area (Å²) in [5, 5.41) is 8.76. The van der Waals surface area contributed by atoms with Crippen molar-refractivity contribution in [3.8, 4) is 0 Å². The van der Waals surface area contributed by atoms with Crippen molar-refractivity contribution >= 4 is 24.5 Å². The van der Waals surface area contributed by atoms with E-state index >= 15 is 0 Å². The first kappa shape index (κ1) is 14.1. The molecule has 1 fully saturated rings. The summed E-state index contributed by atoms with van der Waals surface area (Å²) in [5.41, 5.74) is 2.25. The zero-order valence-corrected chi connectivity index (χ0v) is 12.3. The Morgan fingerprint density at radius 3 is 2.21 bits per heavy atom. The third kappa shape index (κ3) is 2.40. The van der Waals surface area contributed by atoms with Crippen LogP contribution in [-0.2, 0) is 9.31 Å². The van der Waals surface area contributed by atoms with Crippen LogP contribution < -0.4 is 16.2 Å². The highest BCUT2D eigenvalue weighted by molar-refractivity contribution is 6.62. The van der Waals surface area contributed by atoms with Gasteiger partial charge in [-0.05, 0) is 45.3 Å². The molecule has 19 heavy (non-hydrogen) atoms. The fourth-order valence-corrected chi connectivity index (χ4v) is 2.07. The van der Waals surface area contributed by atoms with Gasteiger partial charge >= 0.3 is 7.12 Å². The van der Waals surface area contributed by atoms with E-state index in [4.69, 9.17) is 14.7 Å². The molecule has 0 atom stereocenters. The predicted molar refractivity (Wildman–Crippen MR) is 78.8 cm³/mol. The van der Waals surface area contributed by atoms with Gasteiger partial charge in [-0.15, -0.1) is 0 Å². The molecular weight excluding hydrogens is 239 g/mol. The first-order valence-corrected chi connectivity index (χ1v) is 6.53. The molecule has 0 unspecified atom stereocenters. The molecule has 1 aliphatic heterocycles. The van der Waals surface area contributed by atoms with Crippen molar-refractivity contribution < 1.29 is 14.7 Å². The Labute approximate surface area is 115 Å². The van der Waals surface area contributed by atoms with Gasteiger partial charge in [0.05, 0.1) is 16.8 Å². The molecule has 0 spiro atoms. The molecule has 0 amide bonds. The van der Waals surface area contributed by atoms with Crippen molar-refractivity contribution in [1.82, 2.24) is 0 Å². The van der Waals surface area contributed by atoms with Gasteiger partial charge in [0.15, 0.2) is 6.21 Å². The molecule has 0 bridgehead atoms. The topological polar surface area (TPSA) is 56.1 Å². The minimum atomic E-state index is -0.352. The summed E-state index contributed by atoms with van der Waals surface area (Å²) in [7, 11) is 1.52. The molecule has 3 N–H and O–H groups in total. The second kappa shape index (κ2) is 4.65. The molecule has 1 aliphatic rings. The van der Waals surface area contributed by atoms with Crippen molar-refractivity contribution in [1.29, 1.82) is 0 Å². The van der Waals surface area contributed by atoms with Crippen molar-refractivity contribution in [3.05, 3.63) is 23.8 Å². The van der Waals surface area contributed by atoms with E-state index in [1.54, 1.807) is 6.21 Å². The molecule has 5 heteroatoms. The minimum absolute atomic E-state index is 0.327. The standard InChI is InChI=1S/C14H21BN2O2/c1-13(2)14(3,4)19-15(18-13)11-6-7-12(17-5)10(8-11)9-16/h6-9,16-17H,1-5H3/p+1. The van der Waals surface area contributed by atoms with Crippen LogP contribution in [0, 0.1) is 0 Å². The average molecular weight is 261 g/mol. The lowest BCUT2D eigenvalue weighted by atomic mass is 9.78. The van der Waals surface area contributed by atoms with E-state index in [2.05, 4.69) is 5.32 Å². The van der Waals surface area contributed by atoms with Gasteiger partial charge in [-0.2, -0.15) is 0 Å². The molecule has 102 valence electrons. The van der Waals surface area contributed by atoms with Gasteiger partial charge in [-0.25, -0.2) is 0 Å². The van der Waals surface area contributed by atoms with Gasteiger partial charge in [-0.1, -0.05) is 6.07 Å². The van der Waals surface area contributed by atoms with Crippen molar-refractivity contribution in [3.63, 3.8) is 0 Å². The normalized spacial score (nSPS) is 20.4. The van der Waals surface area contributed by atoms with Crippen LogP contribution in [0.3, 0.4) is 0 Å². The summed E-state index contributed by atoms with van der Waals surface area (Å²) in [6.07, 6.45) is 1.58. The number of nitrogens with two attached hydrogens (primary N) is 1. The van der Waals surface area contributed by atoms with Crippen LogP contribution in [0.15, 0.2) is 18.2 Å². The molecule has 1 aromatic rings. The third-order valence-corrected chi connectivity index (χ3v) is 4.05. The van der Waals surface area contributed by atoms with Gasteiger partial charge in [0.2, 0.25) is 0 Å². The summed E-state index contributed by atoms with van der Waals surface area (Å²) < 4.78 is 12.1. The van der Waals surface area contributed by atoms with Crippen LogP contribution in [0.4, 0.5) is 5.69 Å². The average Bonchev–Trinajstić information content (AvgIpc) is 2.57. The Morgan fingerprint density at radius 2 is 1.74 bits per heavy atom. The first-order valence-electron chi connectivity index (χ1n) is 6.53. The molecule has 0 aromatic heterocycles. The summed E-state index contributed by atoms with van der Waals surface area (Å²) in [6, 6.07) is 5.98. The predicted octanol–water partition coefficient (Wildman–Crippen LogP) is 0.206.